The molecule has 0 aromatic carbocycles. The van der Waals surface area contributed by atoms with E-state index in [0.29, 0.717) is 12.5 Å². The monoisotopic (exact) mass is 245 g/mol. The van der Waals surface area contributed by atoms with Gasteiger partial charge in [-0.3, -0.25) is 9.59 Å². The number of hydrogen-bond acceptors (Lipinski definition) is 3. The highest BCUT2D eigenvalue weighted by molar-refractivity contribution is 5.75. The van der Waals surface area contributed by atoms with Crippen molar-refractivity contribution in [1.29, 1.82) is 0 Å². The van der Waals surface area contributed by atoms with E-state index in [2.05, 4.69) is 19.2 Å². The van der Waals surface area contributed by atoms with Crippen molar-refractivity contribution in [2.75, 3.05) is 6.61 Å². The third-order valence-electron chi connectivity index (χ3n) is 2.59. The van der Waals surface area contributed by atoms with E-state index in [0.717, 1.165) is 19.3 Å². The quantitative estimate of drug-likeness (QED) is 0.667. The second-order valence-corrected chi connectivity index (χ2v) is 4.54. The molecule has 0 radical (unpaired) electrons. The molecule has 0 saturated heterocycles. The summed E-state index contributed by atoms with van der Waals surface area (Å²) < 4.78 is 4.91. The molecule has 0 aromatic rings. The maximum absolute atomic E-state index is 11.4. The zero-order chi connectivity index (χ0) is 13.3. The Bertz CT molecular complexity index is 241. The maximum atomic E-state index is 11.4. The van der Waals surface area contributed by atoms with Gasteiger partial charge < -0.3 is 10.1 Å². The first-order chi connectivity index (χ1) is 7.99. The molecule has 100 valence electrons. The van der Waals surface area contributed by atoms with Gasteiger partial charge in [0, 0.05) is 13.0 Å². The van der Waals surface area contributed by atoms with Crippen LogP contribution in [0, 0.1) is 5.92 Å². The van der Waals surface area contributed by atoms with Crippen LogP contribution in [0.15, 0.2) is 0 Å². The number of rotatable bonds is 8. The highest BCUT2D eigenvalue weighted by Gasteiger charge is 2.18. The van der Waals surface area contributed by atoms with Gasteiger partial charge in [0.2, 0.25) is 5.91 Å². The molecule has 0 aliphatic carbocycles. The molecule has 0 aliphatic rings. The van der Waals surface area contributed by atoms with E-state index in [1.165, 1.54) is 6.92 Å². The summed E-state index contributed by atoms with van der Waals surface area (Å²) in [7, 11) is 0. The Hall–Kier alpha value is -1.06. The van der Waals surface area contributed by atoms with Crippen molar-refractivity contribution in [3.63, 3.8) is 0 Å². The third kappa shape index (κ3) is 8.72. The summed E-state index contributed by atoms with van der Waals surface area (Å²) in [6.07, 6.45) is 3.32. The van der Waals surface area contributed by atoms with Crippen LogP contribution in [-0.2, 0) is 14.3 Å². The molecule has 0 fully saturated rings. The number of amides is 1. The Labute approximate surface area is 104 Å². The van der Waals surface area contributed by atoms with E-state index in [9.17, 15) is 9.59 Å². The molecule has 0 spiro atoms. The largest absolute Gasteiger partial charge is 0.466 e. The minimum Gasteiger partial charge on any atom is -0.466 e. The van der Waals surface area contributed by atoms with Crippen molar-refractivity contribution in [1.82, 2.24) is 5.32 Å². The maximum Gasteiger partial charge on any atom is 0.307 e. The fourth-order valence-corrected chi connectivity index (χ4v) is 2.00. The first-order valence-electron chi connectivity index (χ1n) is 6.42. The number of ether oxygens (including phenoxy) is 1. The molecule has 1 N–H and O–H groups in total. The van der Waals surface area contributed by atoms with Crippen LogP contribution in [0.1, 0.15) is 53.4 Å². The topological polar surface area (TPSA) is 55.4 Å². The van der Waals surface area contributed by atoms with E-state index in [1.807, 2.05) is 0 Å². The number of hydrogen-bond donors (Lipinski definition) is 1. The summed E-state index contributed by atoms with van der Waals surface area (Å²) in [5.74, 6) is 0.171. The summed E-state index contributed by atoms with van der Waals surface area (Å²) in [6, 6.07) is -0.104. The highest BCUT2D eigenvalue weighted by atomic mass is 16.8. The van der Waals surface area contributed by atoms with Crippen molar-refractivity contribution < 1.29 is 14.3 Å². The number of carbonyl (C=O) groups is 2. The van der Waals surface area contributed by atoms with Crippen LogP contribution >= 0.6 is 0 Å². The summed E-state index contributed by atoms with van der Waals surface area (Å²) in [5, 5.41) is 2.82. The van der Waals surface area contributed by atoms with Gasteiger partial charge in [-0.1, -0.05) is 26.7 Å². The van der Waals surface area contributed by atoms with Gasteiger partial charge in [0.05, 0.1) is 13.0 Å². The van der Waals surface area contributed by atoms with Crippen LogP contribution in [0.5, 0.6) is 0 Å². The van der Waals surface area contributed by atoms with Gasteiger partial charge in [-0.05, 0) is 19.3 Å². The molecule has 0 unspecified atom stereocenters. The van der Waals surface area contributed by atoms with E-state index in [4.69, 9.17) is 4.74 Å². The van der Waals surface area contributed by atoms with E-state index in [-0.39, 0.29) is 24.3 Å². The van der Waals surface area contributed by atoms with Gasteiger partial charge in [-0.2, -0.15) is 0 Å². The van der Waals surface area contributed by atoms with Crippen LogP contribution in [0.2, 0.25) is 0 Å². The van der Waals surface area contributed by atoms with Gasteiger partial charge in [0.25, 0.3) is 0 Å². The van der Waals surface area contributed by atoms with Gasteiger partial charge in [-0.15, -0.1) is 0 Å². The molecule has 0 saturated carbocycles. The molecule has 0 rings (SSSR count). The summed E-state index contributed by atoms with van der Waals surface area (Å²) in [6.45, 7) is 7.92. The Balaban J connectivity index is 4.22. The van der Waals surface area contributed by atoms with Gasteiger partial charge in [0.15, 0.2) is 0 Å². The van der Waals surface area contributed by atoms with Crippen molar-refractivity contribution in [3.8, 4) is 0 Å². The lowest BCUT2D eigenvalue weighted by Gasteiger charge is -2.20. The molecule has 0 aromatic heterocycles. The lowest BCUT2D eigenvalue weighted by Crippen LogP contribution is -2.36. The normalized spacial score (nSPS) is 13.9. The lowest BCUT2D eigenvalue weighted by molar-refractivity contribution is -0.143. The molecular weight excluding hydrogens is 220 g/mol. The Morgan fingerprint density at radius 2 is 2.06 bits per heavy atom. The average molecular weight is 245 g/mol. The van der Waals surface area contributed by atoms with Crippen LogP contribution in [0.4, 0.5) is 0 Å². The van der Waals surface area contributed by atoms with Crippen molar-refractivity contribution in [2.24, 2.45) is 5.92 Å². The molecule has 4 nitrogen and oxygen atoms in total. The van der Waals surface area contributed by atoms with Crippen molar-refractivity contribution in [2.45, 2.75) is 59.4 Å². The van der Waals surface area contributed by atoms with Crippen molar-refractivity contribution >= 4 is 11.9 Å². The minimum absolute atomic E-state index is 0.0944. The Kier molecular flexibility index (Phi) is 8.46. The Morgan fingerprint density at radius 3 is 2.53 bits per heavy atom. The molecule has 4 heteroatoms. The molecule has 2 atom stereocenters. The summed E-state index contributed by atoms with van der Waals surface area (Å²) in [5.41, 5.74) is 0. The number of esters is 1. The fraction of sp³-hybridized carbons (Fsp3) is 0.846. The van der Waals surface area contributed by atoms with Crippen molar-refractivity contribution in [3.05, 3.63) is 0 Å². The zero-order valence-corrected chi connectivity index (χ0v) is 11.4. The smallest absolute Gasteiger partial charge is 0.307 e. The molecule has 17 heavy (non-hydrogen) atoms. The average Bonchev–Trinajstić information content (AvgIpc) is 2.16. The SMILES string of the molecule is CCC[C@@H](C)C[C@@H](C[14C](=O)OCC)NC(C)=O. The molecule has 0 bridgehead atoms. The minimum atomic E-state index is -0.241. The van der Waals surface area contributed by atoms with Crippen LogP contribution in [-0.4, -0.2) is 24.5 Å². The van der Waals surface area contributed by atoms with Gasteiger partial charge in [-0.25, -0.2) is 0 Å². The predicted molar refractivity (Wildman–Crippen MR) is 67.5 cm³/mol. The first kappa shape index (κ1) is 15.9. The molecule has 0 aliphatic heterocycles. The lowest BCUT2D eigenvalue weighted by atomic mass is 9.97. The third-order valence-corrected chi connectivity index (χ3v) is 2.59. The van der Waals surface area contributed by atoms with Crippen LogP contribution in [0.25, 0.3) is 0 Å². The summed E-state index contributed by atoms with van der Waals surface area (Å²) in [4.78, 5) is 22.5. The Morgan fingerprint density at radius 1 is 1.41 bits per heavy atom. The van der Waals surface area contributed by atoms with Gasteiger partial charge >= 0.3 is 5.97 Å². The van der Waals surface area contributed by atoms with Crippen LogP contribution in [0.3, 0.4) is 0 Å². The van der Waals surface area contributed by atoms with Crippen LogP contribution < -0.4 is 5.32 Å². The van der Waals surface area contributed by atoms with E-state index < -0.39 is 0 Å². The molecular formula is C13H25NO3. The van der Waals surface area contributed by atoms with E-state index in [1.54, 1.807) is 6.92 Å². The molecule has 0 heterocycles. The molecule has 1 amide bonds. The second-order valence-electron chi connectivity index (χ2n) is 4.54. The predicted octanol–water partition coefficient (Wildman–Crippen LogP) is 2.27. The summed E-state index contributed by atoms with van der Waals surface area (Å²) >= 11 is 0. The standard InChI is InChI=1S/C13H25NO3/c1-5-7-10(3)8-12(14-11(4)15)9-13(16)17-6-2/h10,12H,5-9H2,1-4H3,(H,14,15)/t10-,12+/m1/s1/i13+2. The second kappa shape index (κ2) is 9.02. The highest BCUT2D eigenvalue weighted by Crippen LogP contribution is 2.15. The zero-order valence-electron chi connectivity index (χ0n) is 11.4. The number of carbonyl (C=O) groups excluding carboxylic acids is 2. The fourth-order valence-electron chi connectivity index (χ4n) is 2.00. The first-order valence-corrected chi connectivity index (χ1v) is 6.42. The number of nitrogens with one attached hydrogen (secondary N) is 1. The van der Waals surface area contributed by atoms with E-state index >= 15 is 0 Å². The van der Waals surface area contributed by atoms with Gasteiger partial charge in [0.1, 0.15) is 0 Å².